The fourth-order valence-electron chi connectivity index (χ4n) is 1.98. The average molecular weight is 299 g/mol. The first-order valence-corrected chi connectivity index (χ1v) is 7.64. The third-order valence-electron chi connectivity index (χ3n) is 2.85. The zero-order valence-corrected chi connectivity index (χ0v) is 12.1. The molecule has 98 valence electrons. The van der Waals surface area contributed by atoms with Crippen LogP contribution in [0.3, 0.4) is 0 Å². The van der Waals surface area contributed by atoms with Crippen LogP contribution < -0.4 is 0 Å². The molecule has 4 aromatic rings. The Kier molecular flexibility index (Phi) is 2.68. The van der Waals surface area contributed by atoms with Crippen molar-refractivity contribution in [1.29, 1.82) is 0 Å². The van der Waals surface area contributed by atoms with Crippen LogP contribution in [0.2, 0.25) is 0 Å². The van der Waals surface area contributed by atoms with Crippen LogP contribution in [0, 0.1) is 6.92 Å². The maximum atomic E-state index is 4.41. The highest BCUT2D eigenvalue weighted by molar-refractivity contribution is 7.99. The lowest BCUT2D eigenvalue weighted by atomic mass is 10.2. The zero-order chi connectivity index (χ0) is 13.5. The van der Waals surface area contributed by atoms with Crippen molar-refractivity contribution in [3.05, 3.63) is 41.5 Å². The molecule has 0 N–H and O–H groups in total. The van der Waals surface area contributed by atoms with Crippen LogP contribution in [0.1, 0.15) is 5.01 Å². The second kappa shape index (κ2) is 4.53. The fraction of sp³-hybridized carbons (Fsp3) is 0.0769. The molecule has 3 heterocycles. The number of nitrogens with zero attached hydrogens (tertiary/aromatic N) is 5. The van der Waals surface area contributed by atoms with E-state index in [2.05, 4.69) is 32.4 Å². The van der Waals surface area contributed by atoms with E-state index in [1.54, 1.807) is 33.8 Å². The Labute approximate surface area is 122 Å². The van der Waals surface area contributed by atoms with Crippen molar-refractivity contribution in [2.75, 3.05) is 0 Å². The maximum absolute atomic E-state index is 4.41. The lowest BCUT2D eigenvalue weighted by molar-refractivity contribution is 0.811. The normalized spacial score (nSPS) is 11.4. The lowest BCUT2D eigenvalue weighted by Gasteiger charge is -2.00. The highest BCUT2D eigenvalue weighted by atomic mass is 32.2. The molecule has 0 unspecified atom stereocenters. The topological polar surface area (TPSA) is 56.0 Å². The summed E-state index contributed by atoms with van der Waals surface area (Å²) in [7, 11) is 0. The lowest BCUT2D eigenvalue weighted by Crippen LogP contribution is -1.88. The van der Waals surface area contributed by atoms with Gasteiger partial charge < -0.3 is 0 Å². The predicted octanol–water partition coefficient (Wildman–Crippen LogP) is 3.19. The third kappa shape index (κ3) is 1.95. The molecule has 0 bridgehead atoms. The van der Waals surface area contributed by atoms with Crippen molar-refractivity contribution >= 4 is 39.0 Å². The van der Waals surface area contributed by atoms with Gasteiger partial charge in [0.25, 0.3) is 0 Å². The van der Waals surface area contributed by atoms with Gasteiger partial charge in [0.05, 0.1) is 5.52 Å². The molecule has 20 heavy (non-hydrogen) atoms. The van der Waals surface area contributed by atoms with E-state index in [4.69, 9.17) is 0 Å². The largest absolute Gasteiger partial charge is 0.256 e. The smallest absolute Gasteiger partial charge is 0.235 e. The SMILES string of the molecule is Cc1nn2c(Sc3ccc4ncccc4c3)nnc2s1. The van der Waals surface area contributed by atoms with Gasteiger partial charge in [-0.2, -0.15) is 9.61 Å². The molecule has 4 rings (SSSR count). The van der Waals surface area contributed by atoms with Crippen molar-refractivity contribution in [2.24, 2.45) is 0 Å². The number of hydrogen-bond donors (Lipinski definition) is 0. The quantitative estimate of drug-likeness (QED) is 0.569. The van der Waals surface area contributed by atoms with Crippen LogP contribution in [0.25, 0.3) is 15.9 Å². The molecule has 3 aromatic heterocycles. The van der Waals surface area contributed by atoms with E-state index in [1.165, 1.54) is 0 Å². The second-order valence-electron chi connectivity index (χ2n) is 4.26. The molecule has 0 aliphatic carbocycles. The van der Waals surface area contributed by atoms with Crippen molar-refractivity contribution < 1.29 is 0 Å². The van der Waals surface area contributed by atoms with E-state index in [1.807, 2.05) is 25.1 Å². The Bertz CT molecular complexity index is 911. The molecule has 0 aliphatic rings. The Morgan fingerprint density at radius 3 is 3.10 bits per heavy atom. The molecule has 5 nitrogen and oxygen atoms in total. The molecule has 0 aliphatic heterocycles. The predicted molar refractivity (Wildman–Crippen MR) is 79.3 cm³/mol. The second-order valence-corrected chi connectivity index (χ2v) is 6.46. The minimum absolute atomic E-state index is 0.785. The van der Waals surface area contributed by atoms with Gasteiger partial charge in [0.2, 0.25) is 10.1 Å². The van der Waals surface area contributed by atoms with E-state index >= 15 is 0 Å². The fourth-order valence-corrected chi connectivity index (χ4v) is 3.55. The van der Waals surface area contributed by atoms with E-state index in [0.717, 1.165) is 30.9 Å². The maximum Gasteiger partial charge on any atom is 0.235 e. The summed E-state index contributed by atoms with van der Waals surface area (Å²) >= 11 is 3.10. The van der Waals surface area contributed by atoms with Gasteiger partial charge in [-0.05, 0) is 43.0 Å². The van der Waals surface area contributed by atoms with Gasteiger partial charge in [-0.1, -0.05) is 17.4 Å². The minimum atomic E-state index is 0.785. The molecule has 0 amide bonds. The van der Waals surface area contributed by atoms with E-state index < -0.39 is 0 Å². The number of hydrogen-bond acceptors (Lipinski definition) is 6. The van der Waals surface area contributed by atoms with Crippen molar-refractivity contribution in [2.45, 2.75) is 17.0 Å². The Morgan fingerprint density at radius 1 is 1.20 bits per heavy atom. The molecule has 0 saturated heterocycles. The first kappa shape index (κ1) is 11.8. The van der Waals surface area contributed by atoms with Crippen LogP contribution in [0.4, 0.5) is 0 Å². The number of pyridine rings is 1. The third-order valence-corrected chi connectivity index (χ3v) is 4.59. The summed E-state index contributed by atoms with van der Waals surface area (Å²) in [6.45, 7) is 1.97. The van der Waals surface area contributed by atoms with Crippen molar-refractivity contribution in [1.82, 2.24) is 24.8 Å². The standard InChI is InChI=1S/C13H9N5S2/c1-8-17-18-12(19-8)15-16-13(18)20-10-4-5-11-9(7-10)3-2-6-14-11/h2-7H,1H3. The van der Waals surface area contributed by atoms with Crippen molar-refractivity contribution in [3.8, 4) is 0 Å². The number of fused-ring (bicyclic) bond motifs is 2. The highest BCUT2D eigenvalue weighted by Crippen LogP contribution is 2.29. The summed E-state index contributed by atoms with van der Waals surface area (Å²) in [6.07, 6.45) is 1.80. The number of rotatable bonds is 2. The summed E-state index contributed by atoms with van der Waals surface area (Å²) < 4.78 is 1.79. The summed E-state index contributed by atoms with van der Waals surface area (Å²) in [5.41, 5.74) is 0.993. The summed E-state index contributed by atoms with van der Waals surface area (Å²) in [5, 5.41) is 15.6. The van der Waals surface area contributed by atoms with E-state index in [-0.39, 0.29) is 0 Å². The summed E-state index contributed by atoms with van der Waals surface area (Å²) in [5.74, 6) is 0. The minimum Gasteiger partial charge on any atom is -0.256 e. The molecule has 0 fully saturated rings. The zero-order valence-electron chi connectivity index (χ0n) is 10.5. The Balaban J connectivity index is 1.76. The molecule has 0 saturated carbocycles. The molecular formula is C13H9N5S2. The molecule has 7 heteroatoms. The summed E-state index contributed by atoms with van der Waals surface area (Å²) in [6, 6.07) is 10.2. The molecule has 0 radical (unpaired) electrons. The van der Waals surface area contributed by atoms with Crippen LogP contribution in [0.15, 0.2) is 46.6 Å². The van der Waals surface area contributed by atoms with Gasteiger partial charge in [-0.25, -0.2) is 0 Å². The van der Waals surface area contributed by atoms with Gasteiger partial charge in [0, 0.05) is 16.5 Å². The number of aromatic nitrogens is 5. The first-order chi connectivity index (χ1) is 9.79. The molecule has 0 atom stereocenters. The first-order valence-electron chi connectivity index (χ1n) is 6.01. The van der Waals surface area contributed by atoms with E-state index in [0.29, 0.717) is 0 Å². The van der Waals surface area contributed by atoms with Gasteiger partial charge in [-0.15, -0.1) is 10.2 Å². The van der Waals surface area contributed by atoms with Crippen LogP contribution in [-0.4, -0.2) is 24.8 Å². The van der Waals surface area contributed by atoms with Crippen LogP contribution in [-0.2, 0) is 0 Å². The Morgan fingerprint density at radius 2 is 2.15 bits per heavy atom. The highest BCUT2D eigenvalue weighted by Gasteiger charge is 2.11. The molecule has 0 spiro atoms. The van der Waals surface area contributed by atoms with E-state index in [9.17, 15) is 0 Å². The van der Waals surface area contributed by atoms with Gasteiger partial charge in [0.1, 0.15) is 5.01 Å². The summed E-state index contributed by atoms with van der Waals surface area (Å²) in [4.78, 5) is 6.25. The number of aryl methyl sites for hydroxylation is 1. The van der Waals surface area contributed by atoms with Gasteiger partial charge >= 0.3 is 0 Å². The van der Waals surface area contributed by atoms with Gasteiger partial charge in [0.15, 0.2) is 0 Å². The van der Waals surface area contributed by atoms with Crippen LogP contribution in [0.5, 0.6) is 0 Å². The number of benzene rings is 1. The monoisotopic (exact) mass is 299 g/mol. The van der Waals surface area contributed by atoms with Crippen molar-refractivity contribution in [3.63, 3.8) is 0 Å². The molecular weight excluding hydrogens is 290 g/mol. The van der Waals surface area contributed by atoms with Gasteiger partial charge in [-0.3, -0.25) is 4.98 Å². The Hall–Kier alpha value is -1.99. The molecule has 1 aromatic carbocycles. The van der Waals surface area contributed by atoms with Crippen LogP contribution >= 0.6 is 23.1 Å². The average Bonchev–Trinajstić information content (AvgIpc) is 2.99.